The van der Waals surface area contributed by atoms with E-state index in [-0.39, 0.29) is 23.7 Å². The van der Waals surface area contributed by atoms with Crippen LogP contribution in [0.5, 0.6) is 11.5 Å². The monoisotopic (exact) mass is 547 g/mol. The molecule has 3 aromatic carbocycles. The number of nitrogens with one attached hydrogen (secondary N) is 2. The van der Waals surface area contributed by atoms with Gasteiger partial charge in [-0.2, -0.15) is 0 Å². The molecule has 0 saturated carbocycles. The fourth-order valence-electron chi connectivity index (χ4n) is 4.89. The number of methoxy groups -OCH3 is 1. The number of morpholine rings is 1. The van der Waals surface area contributed by atoms with Crippen molar-refractivity contribution in [3.8, 4) is 11.5 Å². The third-order valence-electron chi connectivity index (χ3n) is 7.11. The number of carbonyl (C=O) groups excluding carboxylic acids is 2. The number of rotatable bonds is 10. The van der Waals surface area contributed by atoms with Crippen LogP contribution in [0.1, 0.15) is 49.2 Å². The summed E-state index contributed by atoms with van der Waals surface area (Å²) in [5, 5.41) is 7.81. The van der Waals surface area contributed by atoms with Gasteiger partial charge in [0.1, 0.15) is 12.4 Å². The van der Waals surface area contributed by atoms with Crippen molar-refractivity contribution in [2.75, 3.05) is 58.4 Å². The minimum absolute atomic E-state index is 0.161. The van der Waals surface area contributed by atoms with Crippen molar-refractivity contribution in [1.29, 1.82) is 0 Å². The van der Waals surface area contributed by atoms with E-state index in [0.717, 1.165) is 60.5 Å². The largest absolute Gasteiger partial charge is 0.494 e. The predicted octanol–water partition coefficient (Wildman–Crippen LogP) is 4.79. The van der Waals surface area contributed by atoms with Gasteiger partial charge in [-0.3, -0.25) is 14.5 Å². The van der Waals surface area contributed by atoms with Crippen molar-refractivity contribution < 1.29 is 23.8 Å². The highest BCUT2D eigenvalue weighted by Crippen LogP contribution is 2.36. The lowest BCUT2D eigenvalue weighted by atomic mass is 9.85. The fraction of sp³-hybridized carbons (Fsp3) is 0.438. The van der Waals surface area contributed by atoms with E-state index in [1.54, 1.807) is 0 Å². The Bertz CT molecular complexity index is 1340. The molecule has 1 aliphatic heterocycles. The molecule has 0 radical (unpaired) electrons. The molecule has 0 aliphatic carbocycles. The summed E-state index contributed by atoms with van der Waals surface area (Å²) in [5.41, 5.74) is 2.46. The molecule has 214 valence electrons. The van der Waals surface area contributed by atoms with E-state index in [1.165, 1.54) is 7.11 Å². The minimum atomic E-state index is -0.240. The van der Waals surface area contributed by atoms with Gasteiger partial charge in [0.15, 0.2) is 5.75 Å². The molecule has 40 heavy (non-hydrogen) atoms. The van der Waals surface area contributed by atoms with Gasteiger partial charge in [0.25, 0.3) is 5.91 Å². The second-order valence-electron chi connectivity index (χ2n) is 11.0. The van der Waals surface area contributed by atoms with Crippen molar-refractivity contribution in [1.82, 2.24) is 10.2 Å². The maximum absolute atomic E-state index is 13.4. The summed E-state index contributed by atoms with van der Waals surface area (Å²) in [6.45, 7) is 13.4. The fourth-order valence-corrected chi connectivity index (χ4v) is 4.89. The molecule has 0 atom stereocenters. The SMILES string of the molecule is CCNC(=O)c1cc(C(C)(C)C)cc(NC(=O)Cc2ccc(OCCN3CCOCC3)c3ccccc23)c1OC. The van der Waals surface area contributed by atoms with Crippen molar-refractivity contribution >= 4 is 28.3 Å². The molecular formula is C32H41N3O5. The van der Waals surface area contributed by atoms with Crippen LogP contribution in [0.4, 0.5) is 5.69 Å². The van der Waals surface area contributed by atoms with Crippen molar-refractivity contribution in [2.45, 2.75) is 39.5 Å². The first-order chi connectivity index (χ1) is 19.2. The first-order valence-electron chi connectivity index (χ1n) is 13.9. The average Bonchev–Trinajstić information content (AvgIpc) is 2.94. The smallest absolute Gasteiger partial charge is 0.255 e. The van der Waals surface area contributed by atoms with Crippen LogP contribution in [0.15, 0.2) is 48.5 Å². The van der Waals surface area contributed by atoms with Crippen molar-refractivity contribution in [3.05, 3.63) is 65.2 Å². The molecule has 2 N–H and O–H groups in total. The van der Waals surface area contributed by atoms with Gasteiger partial charge in [-0.25, -0.2) is 0 Å². The first-order valence-corrected chi connectivity index (χ1v) is 13.9. The van der Waals surface area contributed by atoms with E-state index >= 15 is 0 Å². The number of carbonyl (C=O) groups is 2. The van der Waals surface area contributed by atoms with E-state index in [9.17, 15) is 9.59 Å². The maximum Gasteiger partial charge on any atom is 0.255 e. The second-order valence-corrected chi connectivity index (χ2v) is 11.0. The van der Waals surface area contributed by atoms with Gasteiger partial charge in [0, 0.05) is 31.6 Å². The van der Waals surface area contributed by atoms with Gasteiger partial charge < -0.3 is 24.8 Å². The van der Waals surface area contributed by atoms with Crippen molar-refractivity contribution in [3.63, 3.8) is 0 Å². The van der Waals surface area contributed by atoms with Gasteiger partial charge >= 0.3 is 0 Å². The Morgan fingerprint density at radius 2 is 1.75 bits per heavy atom. The number of hydrogen-bond acceptors (Lipinski definition) is 6. The van der Waals surface area contributed by atoms with E-state index in [0.29, 0.717) is 30.2 Å². The zero-order chi connectivity index (χ0) is 28.7. The number of amides is 2. The van der Waals surface area contributed by atoms with Crippen molar-refractivity contribution in [2.24, 2.45) is 0 Å². The first kappa shape index (κ1) is 29.4. The highest BCUT2D eigenvalue weighted by molar-refractivity contribution is 6.03. The molecule has 0 spiro atoms. The van der Waals surface area contributed by atoms with Crippen LogP contribution >= 0.6 is 0 Å². The van der Waals surface area contributed by atoms with Gasteiger partial charge in [-0.05, 0) is 47.1 Å². The Kier molecular flexibility index (Phi) is 9.66. The summed E-state index contributed by atoms with van der Waals surface area (Å²) in [6.07, 6.45) is 0.161. The van der Waals surface area contributed by atoms with E-state index in [2.05, 4.69) is 36.3 Å². The zero-order valence-electron chi connectivity index (χ0n) is 24.3. The molecule has 3 aromatic rings. The van der Waals surface area contributed by atoms with Gasteiger partial charge in [0.2, 0.25) is 5.91 Å². The van der Waals surface area contributed by atoms with Gasteiger partial charge in [-0.15, -0.1) is 0 Å². The van der Waals surface area contributed by atoms with E-state index in [4.69, 9.17) is 14.2 Å². The second kappa shape index (κ2) is 13.2. The predicted molar refractivity (Wildman–Crippen MR) is 159 cm³/mol. The molecular weight excluding hydrogens is 506 g/mol. The molecule has 8 nitrogen and oxygen atoms in total. The van der Waals surface area contributed by atoms with Gasteiger partial charge in [-0.1, -0.05) is 51.1 Å². The van der Waals surface area contributed by atoms with Crippen LogP contribution < -0.4 is 20.1 Å². The Morgan fingerprint density at radius 1 is 1.02 bits per heavy atom. The summed E-state index contributed by atoms with van der Waals surface area (Å²) in [5.74, 6) is 0.716. The summed E-state index contributed by atoms with van der Waals surface area (Å²) < 4.78 is 17.2. The molecule has 2 amide bonds. The van der Waals surface area contributed by atoms with Crippen LogP contribution in [0.25, 0.3) is 10.8 Å². The van der Waals surface area contributed by atoms with Crippen LogP contribution in [-0.2, 0) is 21.4 Å². The summed E-state index contributed by atoms with van der Waals surface area (Å²) in [4.78, 5) is 28.6. The number of nitrogens with zero attached hydrogens (tertiary/aromatic N) is 1. The molecule has 8 heteroatoms. The zero-order valence-corrected chi connectivity index (χ0v) is 24.3. The molecule has 1 fully saturated rings. The highest BCUT2D eigenvalue weighted by atomic mass is 16.5. The van der Waals surface area contributed by atoms with E-state index < -0.39 is 0 Å². The van der Waals surface area contributed by atoms with Crippen LogP contribution in [0.2, 0.25) is 0 Å². The van der Waals surface area contributed by atoms with Crippen LogP contribution in [-0.4, -0.2) is 69.8 Å². The molecule has 1 saturated heterocycles. The van der Waals surface area contributed by atoms with E-state index in [1.807, 2.05) is 55.5 Å². The van der Waals surface area contributed by atoms with Crippen LogP contribution in [0.3, 0.4) is 0 Å². The molecule has 1 aliphatic rings. The Labute approximate surface area is 237 Å². The Morgan fingerprint density at radius 3 is 2.42 bits per heavy atom. The summed E-state index contributed by atoms with van der Waals surface area (Å²) >= 11 is 0. The summed E-state index contributed by atoms with van der Waals surface area (Å²) in [6, 6.07) is 15.6. The number of benzene rings is 3. The number of hydrogen-bond donors (Lipinski definition) is 2. The number of anilines is 1. The molecule has 4 rings (SSSR count). The van der Waals surface area contributed by atoms with Crippen LogP contribution in [0, 0.1) is 0 Å². The Balaban J connectivity index is 1.55. The number of fused-ring (bicyclic) bond motifs is 1. The lowest BCUT2D eigenvalue weighted by Gasteiger charge is -2.26. The minimum Gasteiger partial charge on any atom is -0.494 e. The lowest BCUT2D eigenvalue weighted by molar-refractivity contribution is -0.115. The molecule has 0 unspecified atom stereocenters. The molecule has 0 bridgehead atoms. The standard InChI is InChI=1S/C32H41N3O5/c1-6-33-31(37)26-20-23(32(2,3)4)21-27(30(26)38-5)34-29(36)19-22-11-12-28(25-10-8-7-9-24(22)25)40-18-15-35-13-16-39-17-14-35/h7-12,20-21H,6,13-19H2,1-5H3,(H,33,37)(H,34,36). The molecule has 0 aromatic heterocycles. The third-order valence-corrected chi connectivity index (χ3v) is 7.11. The lowest BCUT2D eigenvalue weighted by Crippen LogP contribution is -2.38. The maximum atomic E-state index is 13.4. The normalized spacial score (nSPS) is 14.1. The third kappa shape index (κ3) is 7.11. The highest BCUT2D eigenvalue weighted by Gasteiger charge is 2.24. The topological polar surface area (TPSA) is 89.1 Å². The van der Waals surface area contributed by atoms with Gasteiger partial charge in [0.05, 0.1) is 38.0 Å². The Hall–Kier alpha value is -3.62. The average molecular weight is 548 g/mol. The quantitative estimate of drug-likeness (QED) is 0.380. The summed E-state index contributed by atoms with van der Waals surface area (Å²) in [7, 11) is 1.51. The number of ether oxygens (including phenoxy) is 3. The molecule has 1 heterocycles.